The lowest BCUT2D eigenvalue weighted by Crippen LogP contribution is -2.13. The second-order valence-electron chi connectivity index (χ2n) is 4.20. The summed E-state index contributed by atoms with van der Waals surface area (Å²) in [6, 6.07) is 4.11. The van der Waals surface area contributed by atoms with Crippen LogP contribution in [0.5, 0.6) is 0 Å². The van der Waals surface area contributed by atoms with Crippen LogP contribution in [-0.4, -0.2) is 4.98 Å². The second-order valence-corrected chi connectivity index (χ2v) is 4.20. The molecule has 0 N–H and O–H groups in total. The first kappa shape index (κ1) is 13.0. The van der Waals surface area contributed by atoms with Crippen molar-refractivity contribution in [2.45, 2.75) is 39.3 Å². The zero-order valence-electron chi connectivity index (χ0n) is 9.67. The fourth-order valence-electron chi connectivity index (χ4n) is 1.84. The molecule has 1 nitrogen and oxygen atoms in total. The minimum atomic E-state index is -4.36. The molecule has 0 radical (unpaired) electrons. The fourth-order valence-corrected chi connectivity index (χ4v) is 1.84. The summed E-state index contributed by atoms with van der Waals surface area (Å²) in [6.07, 6.45) is -3.56. The van der Waals surface area contributed by atoms with Crippen LogP contribution in [0, 0.1) is 5.92 Å². The molecule has 0 saturated heterocycles. The predicted octanol–water partition coefficient (Wildman–Crippen LogP) is 4.25. The lowest BCUT2D eigenvalue weighted by molar-refractivity contribution is -0.141. The average Bonchev–Trinajstić information content (AvgIpc) is 2.17. The summed E-state index contributed by atoms with van der Waals surface area (Å²) in [5.74, 6) is 0.378. The second kappa shape index (κ2) is 4.85. The number of halogens is 3. The maximum atomic E-state index is 12.5. The summed E-state index contributed by atoms with van der Waals surface area (Å²) in [5.41, 5.74) is -0.267. The Hall–Kier alpha value is -1.06. The topological polar surface area (TPSA) is 12.9 Å². The molecule has 4 heteroatoms. The molecule has 0 spiro atoms. The van der Waals surface area contributed by atoms with E-state index in [-0.39, 0.29) is 5.92 Å². The minimum Gasteiger partial charge on any atom is -0.248 e. The van der Waals surface area contributed by atoms with E-state index >= 15 is 0 Å². The van der Waals surface area contributed by atoms with Gasteiger partial charge in [0.2, 0.25) is 0 Å². The van der Waals surface area contributed by atoms with E-state index < -0.39 is 11.9 Å². The van der Waals surface area contributed by atoms with Crippen molar-refractivity contribution in [2.24, 2.45) is 5.92 Å². The molecule has 0 aromatic carbocycles. The first-order chi connectivity index (χ1) is 7.36. The van der Waals surface area contributed by atoms with Crippen molar-refractivity contribution < 1.29 is 13.2 Å². The van der Waals surface area contributed by atoms with Gasteiger partial charge in [-0.15, -0.1) is 0 Å². The Morgan fingerprint density at radius 3 is 2.31 bits per heavy atom. The molecule has 1 aromatic heterocycles. The summed E-state index contributed by atoms with van der Waals surface area (Å²) >= 11 is 0. The predicted molar refractivity (Wildman–Crippen MR) is 57.1 cm³/mol. The highest BCUT2D eigenvalue weighted by molar-refractivity contribution is 5.17. The van der Waals surface area contributed by atoms with Gasteiger partial charge in [-0.3, -0.25) is 0 Å². The van der Waals surface area contributed by atoms with Gasteiger partial charge in [0.1, 0.15) is 5.69 Å². The number of nitrogens with zero attached hydrogens (tertiary/aromatic N) is 1. The number of hydrogen-bond acceptors (Lipinski definition) is 1. The van der Waals surface area contributed by atoms with E-state index in [9.17, 15) is 13.2 Å². The molecule has 0 aliphatic heterocycles. The van der Waals surface area contributed by atoms with Gasteiger partial charge in [0.15, 0.2) is 0 Å². The van der Waals surface area contributed by atoms with E-state index in [4.69, 9.17) is 0 Å². The molecule has 1 rings (SSSR count). The Labute approximate surface area is 93.7 Å². The lowest BCUT2D eigenvalue weighted by Gasteiger charge is -2.19. The van der Waals surface area contributed by atoms with Crippen LogP contribution < -0.4 is 0 Å². The summed E-state index contributed by atoms with van der Waals surface area (Å²) in [5, 5.41) is 0. The SMILES string of the molecule is CCC(c1cccc(C(F)(F)F)n1)C(C)C. The smallest absolute Gasteiger partial charge is 0.248 e. The Morgan fingerprint density at radius 1 is 1.25 bits per heavy atom. The van der Waals surface area contributed by atoms with E-state index in [1.807, 2.05) is 20.8 Å². The molecule has 0 fully saturated rings. The maximum absolute atomic E-state index is 12.5. The highest BCUT2D eigenvalue weighted by atomic mass is 19.4. The number of rotatable bonds is 3. The Kier molecular flexibility index (Phi) is 3.94. The summed E-state index contributed by atoms with van der Waals surface area (Å²) < 4.78 is 37.4. The van der Waals surface area contributed by atoms with Crippen molar-refractivity contribution in [3.8, 4) is 0 Å². The number of alkyl halides is 3. The van der Waals surface area contributed by atoms with Crippen LogP contribution in [0.15, 0.2) is 18.2 Å². The third kappa shape index (κ3) is 2.97. The van der Waals surface area contributed by atoms with Crippen LogP contribution in [-0.2, 0) is 6.18 Å². The molecule has 0 amide bonds. The molecule has 90 valence electrons. The lowest BCUT2D eigenvalue weighted by atomic mass is 9.89. The van der Waals surface area contributed by atoms with Crippen molar-refractivity contribution in [3.05, 3.63) is 29.6 Å². The Bertz CT molecular complexity index is 344. The zero-order chi connectivity index (χ0) is 12.3. The minimum absolute atomic E-state index is 0.0855. The van der Waals surface area contributed by atoms with Crippen LogP contribution in [0.1, 0.15) is 44.5 Å². The molecular weight excluding hydrogens is 215 g/mol. The fraction of sp³-hybridized carbons (Fsp3) is 0.583. The molecule has 16 heavy (non-hydrogen) atoms. The van der Waals surface area contributed by atoms with Gasteiger partial charge < -0.3 is 0 Å². The third-order valence-electron chi connectivity index (χ3n) is 2.69. The molecule has 1 atom stereocenters. The van der Waals surface area contributed by atoms with E-state index in [0.717, 1.165) is 12.5 Å². The van der Waals surface area contributed by atoms with Crippen LogP contribution in [0.25, 0.3) is 0 Å². The monoisotopic (exact) mass is 231 g/mol. The van der Waals surface area contributed by atoms with Crippen molar-refractivity contribution in [3.63, 3.8) is 0 Å². The first-order valence-electron chi connectivity index (χ1n) is 5.40. The van der Waals surface area contributed by atoms with Crippen molar-refractivity contribution >= 4 is 0 Å². The van der Waals surface area contributed by atoms with E-state index in [2.05, 4.69) is 4.98 Å². The number of hydrogen-bond donors (Lipinski definition) is 0. The average molecular weight is 231 g/mol. The molecule has 0 saturated carbocycles. The Balaban J connectivity index is 3.07. The van der Waals surface area contributed by atoms with Crippen molar-refractivity contribution in [1.82, 2.24) is 4.98 Å². The molecule has 1 heterocycles. The zero-order valence-corrected chi connectivity index (χ0v) is 9.67. The largest absolute Gasteiger partial charge is 0.433 e. The molecule has 0 aliphatic carbocycles. The van der Waals surface area contributed by atoms with Gasteiger partial charge >= 0.3 is 6.18 Å². The molecule has 1 aromatic rings. The molecule has 0 aliphatic rings. The van der Waals surface area contributed by atoms with Gasteiger partial charge in [0, 0.05) is 11.6 Å². The standard InChI is InChI=1S/C12H16F3N/c1-4-9(8(2)3)10-6-5-7-11(16-10)12(13,14)15/h5-9H,4H2,1-3H3. The Morgan fingerprint density at radius 2 is 1.88 bits per heavy atom. The van der Waals surface area contributed by atoms with Crippen LogP contribution in [0.2, 0.25) is 0 Å². The van der Waals surface area contributed by atoms with Gasteiger partial charge in [0.05, 0.1) is 0 Å². The molecule has 0 bridgehead atoms. The summed E-state index contributed by atoms with van der Waals surface area (Å²) in [6.45, 7) is 5.96. The highest BCUT2D eigenvalue weighted by Gasteiger charge is 2.33. The van der Waals surface area contributed by atoms with Gasteiger partial charge in [0.25, 0.3) is 0 Å². The highest BCUT2D eigenvalue weighted by Crippen LogP contribution is 2.31. The summed E-state index contributed by atoms with van der Waals surface area (Å²) in [7, 11) is 0. The molecule has 1 unspecified atom stereocenters. The van der Waals surface area contributed by atoms with Gasteiger partial charge in [-0.2, -0.15) is 13.2 Å². The summed E-state index contributed by atoms with van der Waals surface area (Å²) in [4.78, 5) is 3.71. The quantitative estimate of drug-likeness (QED) is 0.757. The maximum Gasteiger partial charge on any atom is 0.433 e. The first-order valence-corrected chi connectivity index (χ1v) is 5.40. The van der Waals surface area contributed by atoms with Crippen LogP contribution in [0.3, 0.4) is 0 Å². The third-order valence-corrected chi connectivity index (χ3v) is 2.69. The molecular formula is C12H16F3N. The van der Waals surface area contributed by atoms with Gasteiger partial charge in [-0.25, -0.2) is 4.98 Å². The van der Waals surface area contributed by atoms with Crippen molar-refractivity contribution in [2.75, 3.05) is 0 Å². The normalized spacial score (nSPS) is 14.2. The van der Waals surface area contributed by atoms with E-state index in [1.165, 1.54) is 6.07 Å². The van der Waals surface area contributed by atoms with Gasteiger partial charge in [-0.05, 0) is 24.5 Å². The van der Waals surface area contributed by atoms with Crippen LogP contribution >= 0.6 is 0 Å². The van der Waals surface area contributed by atoms with Crippen molar-refractivity contribution in [1.29, 1.82) is 0 Å². The number of aromatic nitrogens is 1. The van der Waals surface area contributed by atoms with Gasteiger partial charge in [-0.1, -0.05) is 26.8 Å². The number of pyridine rings is 1. The van der Waals surface area contributed by atoms with E-state index in [0.29, 0.717) is 11.6 Å². The van der Waals surface area contributed by atoms with E-state index in [1.54, 1.807) is 6.07 Å². The van der Waals surface area contributed by atoms with Crippen LogP contribution in [0.4, 0.5) is 13.2 Å².